The molecule has 7 atom stereocenters. The number of methoxy groups -OCH3 is 1. The van der Waals surface area contributed by atoms with Gasteiger partial charge in [0.05, 0.1) is 12.2 Å². The highest BCUT2D eigenvalue weighted by atomic mass is 16.5. The largest absolute Gasteiger partial charge is 0.389 e. The van der Waals surface area contributed by atoms with E-state index in [2.05, 4.69) is 26.5 Å². The van der Waals surface area contributed by atoms with Crippen LogP contribution in [0.5, 0.6) is 0 Å². The quantitative estimate of drug-likeness (QED) is 0.634. The molecule has 3 fully saturated rings. The third kappa shape index (κ3) is 3.04. The minimum atomic E-state index is -0.183. The molecular formula is C23H38O2. The number of fused-ring (bicyclic) bond motifs is 5. The van der Waals surface area contributed by atoms with E-state index in [9.17, 15) is 5.11 Å². The predicted molar refractivity (Wildman–Crippen MR) is 104 cm³/mol. The third-order valence-corrected chi connectivity index (χ3v) is 8.29. The monoisotopic (exact) mass is 346 g/mol. The molecule has 0 bridgehead atoms. The van der Waals surface area contributed by atoms with E-state index in [0.717, 1.165) is 24.2 Å². The fourth-order valence-corrected chi connectivity index (χ4v) is 7.05. The van der Waals surface area contributed by atoms with Gasteiger partial charge in [-0.15, -0.1) is 6.58 Å². The maximum absolute atomic E-state index is 10.0. The number of aliphatic hydroxyl groups is 1. The highest BCUT2D eigenvalue weighted by Crippen LogP contribution is 2.65. The van der Waals surface area contributed by atoms with Crippen molar-refractivity contribution in [3.8, 4) is 0 Å². The fourth-order valence-electron chi connectivity index (χ4n) is 7.05. The Kier molecular flexibility index (Phi) is 5.52. The Morgan fingerprint density at radius 2 is 1.84 bits per heavy atom. The Morgan fingerprint density at radius 1 is 1.12 bits per heavy atom. The van der Waals surface area contributed by atoms with Gasteiger partial charge in [0, 0.05) is 7.11 Å². The van der Waals surface area contributed by atoms with Crippen molar-refractivity contribution < 1.29 is 9.84 Å². The zero-order valence-corrected chi connectivity index (χ0v) is 16.8. The smallest absolute Gasteiger partial charge is 0.0724 e. The van der Waals surface area contributed by atoms with E-state index >= 15 is 0 Å². The lowest BCUT2D eigenvalue weighted by Gasteiger charge is -2.58. The topological polar surface area (TPSA) is 29.5 Å². The highest BCUT2D eigenvalue weighted by molar-refractivity contribution is 5.25. The van der Waals surface area contributed by atoms with Crippen LogP contribution in [0.15, 0.2) is 24.3 Å². The van der Waals surface area contributed by atoms with E-state index in [0.29, 0.717) is 16.9 Å². The minimum Gasteiger partial charge on any atom is -0.389 e. The summed E-state index contributed by atoms with van der Waals surface area (Å²) in [5.41, 5.74) is 2.37. The van der Waals surface area contributed by atoms with E-state index < -0.39 is 0 Å². The lowest BCUT2D eigenvalue weighted by atomic mass is 9.47. The normalized spacial score (nSPS) is 48.2. The predicted octanol–water partition coefficient (Wildman–Crippen LogP) is 5.52. The second kappa shape index (κ2) is 7.19. The van der Waals surface area contributed by atoms with Gasteiger partial charge in [0.15, 0.2) is 0 Å². The van der Waals surface area contributed by atoms with E-state index in [4.69, 9.17) is 4.74 Å². The van der Waals surface area contributed by atoms with Gasteiger partial charge in [-0.2, -0.15) is 0 Å². The zero-order valence-electron chi connectivity index (χ0n) is 16.8. The lowest BCUT2D eigenvalue weighted by molar-refractivity contribution is -0.0865. The van der Waals surface area contributed by atoms with Gasteiger partial charge in [-0.05, 0) is 86.9 Å². The summed E-state index contributed by atoms with van der Waals surface area (Å²) in [5, 5.41) is 10.0. The maximum atomic E-state index is 10.0. The Hall–Kier alpha value is -0.600. The summed E-state index contributed by atoms with van der Waals surface area (Å²) in [6.45, 7) is 10.3. The number of rotatable bonds is 1. The van der Waals surface area contributed by atoms with E-state index in [-0.39, 0.29) is 6.10 Å². The van der Waals surface area contributed by atoms with Gasteiger partial charge in [0.2, 0.25) is 0 Å². The third-order valence-electron chi connectivity index (χ3n) is 8.29. The standard InChI is InChI=1S/C20H32O2.C3H6/c1-19-10-8-14(21)12-13(19)4-5-15-16-6-7-18(22-3)20(16,2)11-9-17(15)19;1-3-2/h12,14-18,21H,4-11H2,1-3H3;3H,1H2,2H3. The first-order valence-corrected chi connectivity index (χ1v) is 10.4. The molecule has 1 N–H and O–H groups in total. The molecule has 4 aliphatic rings. The van der Waals surface area contributed by atoms with Crippen LogP contribution in [-0.4, -0.2) is 24.4 Å². The number of allylic oxidation sites excluding steroid dienone is 2. The molecule has 0 aliphatic heterocycles. The van der Waals surface area contributed by atoms with Crippen LogP contribution in [-0.2, 0) is 4.74 Å². The van der Waals surface area contributed by atoms with Crippen LogP contribution in [0.25, 0.3) is 0 Å². The Balaban J connectivity index is 0.000000569. The van der Waals surface area contributed by atoms with Gasteiger partial charge in [0.1, 0.15) is 0 Å². The van der Waals surface area contributed by atoms with Crippen LogP contribution in [0.3, 0.4) is 0 Å². The first-order valence-electron chi connectivity index (χ1n) is 10.4. The summed E-state index contributed by atoms with van der Waals surface area (Å²) < 4.78 is 5.86. The molecule has 2 heteroatoms. The number of hydrogen-bond donors (Lipinski definition) is 1. The van der Waals surface area contributed by atoms with Gasteiger partial charge < -0.3 is 9.84 Å². The average Bonchev–Trinajstić information content (AvgIpc) is 2.92. The van der Waals surface area contributed by atoms with Crippen molar-refractivity contribution in [2.24, 2.45) is 28.6 Å². The van der Waals surface area contributed by atoms with Crippen LogP contribution in [0.1, 0.15) is 72.1 Å². The molecule has 0 aromatic carbocycles. The van der Waals surface area contributed by atoms with Gasteiger partial charge in [-0.25, -0.2) is 0 Å². The summed E-state index contributed by atoms with van der Waals surface area (Å²) >= 11 is 0. The molecule has 4 aliphatic carbocycles. The lowest BCUT2D eigenvalue weighted by Crippen LogP contribution is -2.51. The van der Waals surface area contributed by atoms with E-state index in [1.54, 1.807) is 11.6 Å². The summed E-state index contributed by atoms with van der Waals surface area (Å²) in [5.74, 6) is 2.59. The molecule has 0 saturated heterocycles. The molecule has 0 aromatic rings. The SMILES string of the molecule is C=CC.COC1CCC2C3CCC4=CC(O)CCC4(C)C3CCC12C. The highest BCUT2D eigenvalue weighted by Gasteiger charge is 2.59. The van der Waals surface area contributed by atoms with Crippen LogP contribution in [0.2, 0.25) is 0 Å². The first kappa shape index (κ1) is 19.2. The molecule has 0 aromatic heterocycles. The van der Waals surface area contributed by atoms with Gasteiger partial charge in [-0.3, -0.25) is 0 Å². The molecule has 25 heavy (non-hydrogen) atoms. The molecule has 2 nitrogen and oxygen atoms in total. The second-order valence-corrected chi connectivity index (χ2v) is 9.39. The minimum absolute atomic E-state index is 0.183. The number of ether oxygens (including phenoxy) is 1. The van der Waals surface area contributed by atoms with Crippen molar-refractivity contribution in [1.82, 2.24) is 0 Å². The average molecular weight is 347 g/mol. The van der Waals surface area contributed by atoms with Crippen molar-refractivity contribution >= 4 is 0 Å². The van der Waals surface area contributed by atoms with Gasteiger partial charge >= 0.3 is 0 Å². The summed E-state index contributed by atoms with van der Waals surface area (Å²) in [4.78, 5) is 0. The van der Waals surface area contributed by atoms with Crippen molar-refractivity contribution in [3.63, 3.8) is 0 Å². The Bertz CT molecular complexity index is 524. The Labute approximate surface area is 154 Å². The zero-order chi connectivity index (χ0) is 18.2. The summed E-state index contributed by atoms with van der Waals surface area (Å²) in [6.07, 6.45) is 14.3. The van der Waals surface area contributed by atoms with E-state index in [1.807, 2.05) is 14.0 Å². The van der Waals surface area contributed by atoms with Crippen LogP contribution < -0.4 is 0 Å². The number of aliphatic hydroxyl groups excluding tert-OH is 1. The van der Waals surface area contributed by atoms with Crippen molar-refractivity contribution in [2.45, 2.75) is 84.3 Å². The fraction of sp³-hybridized carbons (Fsp3) is 0.826. The first-order chi connectivity index (χ1) is 11.9. The Morgan fingerprint density at radius 3 is 2.52 bits per heavy atom. The number of hydrogen-bond acceptors (Lipinski definition) is 2. The molecule has 0 radical (unpaired) electrons. The molecule has 7 unspecified atom stereocenters. The second-order valence-electron chi connectivity index (χ2n) is 9.39. The van der Waals surface area contributed by atoms with Crippen LogP contribution in [0.4, 0.5) is 0 Å². The molecule has 3 saturated carbocycles. The molecular weight excluding hydrogens is 308 g/mol. The maximum Gasteiger partial charge on any atom is 0.0724 e. The van der Waals surface area contributed by atoms with Gasteiger partial charge in [0.25, 0.3) is 0 Å². The van der Waals surface area contributed by atoms with Crippen LogP contribution in [0, 0.1) is 28.6 Å². The summed E-state index contributed by atoms with van der Waals surface area (Å²) in [7, 11) is 1.91. The van der Waals surface area contributed by atoms with Gasteiger partial charge in [-0.1, -0.05) is 31.6 Å². The molecule has 142 valence electrons. The molecule has 0 amide bonds. The van der Waals surface area contributed by atoms with Crippen molar-refractivity contribution in [3.05, 3.63) is 24.3 Å². The van der Waals surface area contributed by atoms with E-state index in [1.165, 1.54) is 44.9 Å². The van der Waals surface area contributed by atoms with Crippen molar-refractivity contribution in [2.75, 3.05) is 7.11 Å². The van der Waals surface area contributed by atoms with Crippen molar-refractivity contribution in [1.29, 1.82) is 0 Å². The van der Waals surface area contributed by atoms with Crippen LogP contribution >= 0.6 is 0 Å². The summed E-state index contributed by atoms with van der Waals surface area (Å²) in [6, 6.07) is 0. The molecule has 0 spiro atoms. The molecule has 0 heterocycles. The molecule has 4 rings (SSSR count).